The summed E-state index contributed by atoms with van der Waals surface area (Å²) in [5.74, 6) is -0.723. The lowest BCUT2D eigenvalue weighted by Crippen LogP contribution is -2.05. The van der Waals surface area contributed by atoms with Crippen LogP contribution in [0, 0.1) is 0 Å². The van der Waals surface area contributed by atoms with Crippen LogP contribution >= 0.6 is 8.03 Å². The van der Waals surface area contributed by atoms with Crippen molar-refractivity contribution in [1.29, 1.82) is 0 Å². The third-order valence-corrected chi connectivity index (χ3v) is 2.40. The lowest BCUT2D eigenvalue weighted by molar-refractivity contribution is 0.126. The molecule has 0 aromatic carbocycles. The molecular formula is C6H10O5P+. The Labute approximate surface area is 70.9 Å². The topological polar surface area (TPSA) is 61.8 Å². The highest BCUT2D eigenvalue weighted by molar-refractivity contribution is 7.39. The average Bonchev–Trinajstić information content (AvgIpc) is 2.47. The first-order valence-corrected chi connectivity index (χ1v) is 4.91. The molecule has 0 bridgehead atoms. The molecule has 0 aromatic rings. The van der Waals surface area contributed by atoms with Gasteiger partial charge in [0.25, 0.3) is 0 Å². The number of hydrogen-bond donors (Lipinski definition) is 0. The van der Waals surface area contributed by atoms with Gasteiger partial charge in [0, 0.05) is 0 Å². The standard InChI is InChI=1S/C6H10O5P/c1-2-3-10-12(8)5-4-9-6(7)11-5/h5H,2-4H2,1H3/q+1. The van der Waals surface area contributed by atoms with Gasteiger partial charge in [-0.05, 0) is 11.0 Å². The lowest BCUT2D eigenvalue weighted by Gasteiger charge is -1.91. The van der Waals surface area contributed by atoms with Gasteiger partial charge in [-0.15, -0.1) is 4.52 Å². The predicted molar refractivity (Wildman–Crippen MR) is 40.1 cm³/mol. The zero-order chi connectivity index (χ0) is 8.97. The second-order valence-corrected chi connectivity index (χ2v) is 3.66. The first kappa shape index (κ1) is 9.42. The molecular weight excluding hydrogens is 183 g/mol. The average molecular weight is 193 g/mol. The van der Waals surface area contributed by atoms with Crippen LogP contribution in [0.25, 0.3) is 0 Å². The number of hydrogen-bond acceptors (Lipinski definition) is 5. The van der Waals surface area contributed by atoms with Gasteiger partial charge >= 0.3 is 20.0 Å². The zero-order valence-corrected chi connectivity index (χ0v) is 7.58. The zero-order valence-electron chi connectivity index (χ0n) is 6.69. The summed E-state index contributed by atoms with van der Waals surface area (Å²) in [4.78, 5) is 10.4. The van der Waals surface area contributed by atoms with E-state index in [1.165, 1.54) is 0 Å². The maximum absolute atomic E-state index is 11.1. The molecule has 6 heteroatoms. The van der Waals surface area contributed by atoms with Gasteiger partial charge in [0.05, 0.1) is 0 Å². The molecule has 0 saturated carbocycles. The first-order chi connectivity index (χ1) is 5.74. The molecule has 1 heterocycles. The monoisotopic (exact) mass is 193 g/mol. The summed E-state index contributed by atoms with van der Waals surface area (Å²) in [7, 11) is -1.93. The van der Waals surface area contributed by atoms with E-state index in [1.54, 1.807) is 0 Å². The SMILES string of the molecule is CCCO[P+](=O)C1COC(=O)O1. The Bertz CT molecular complexity index is 192. The second-order valence-electron chi connectivity index (χ2n) is 2.25. The van der Waals surface area contributed by atoms with E-state index < -0.39 is 20.0 Å². The quantitative estimate of drug-likeness (QED) is 0.501. The van der Waals surface area contributed by atoms with Gasteiger partial charge in [-0.25, -0.2) is 4.79 Å². The van der Waals surface area contributed by atoms with Crippen LogP contribution in [-0.2, 0) is 18.6 Å². The molecule has 12 heavy (non-hydrogen) atoms. The smallest absolute Gasteiger partial charge is 0.425 e. The Kier molecular flexibility index (Phi) is 3.44. The van der Waals surface area contributed by atoms with Crippen molar-refractivity contribution in [2.75, 3.05) is 13.2 Å². The van der Waals surface area contributed by atoms with Crippen LogP contribution in [0.3, 0.4) is 0 Å². The van der Waals surface area contributed by atoms with Gasteiger partial charge in [-0.3, -0.25) is 0 Å². The van der Waals surface area contributed by atoms with E-state index in [0.717, 1.165) is 6.42 Å². The largest absolute Gasteiger partial charge is 0.557 e. The van der Waals surface area contributed by atoms with E-state index in [4.69, 9.17) is 4.52 Å². The van der Waals surface area contributed by atoms with Crippen molar-refractivity contribution in [3.8, 4) is 0 Å². The maximum Gasteiger partial charge on any atom is 0.557 e. The van der Waals surface area contributed by atoms with Crippen molar-refractivity contribution in [2.45, 2.75) is 19.2 Å². The number of rotatable bonds is 4. The van der Waals surface area contributed by atoms with E-state index >= 15 is 0 Å². The molecule has 2 unspecified atom stereocenters. The third-order valence-electron chi connectivity index (χ3n) is 1.23. The third kappa shape index (κ3) is 2.43. The van der Waals surface area contributed by atoms with Gasteiger partial charge in [0.15, 0.2) is 6.61 Å². The van der Waals surface area contributed by atoms with Crippen molar-refractivity contribution in [1.82, 2.24) is 0 Å². The summed E-state index contributed by atoms with van der Waals surface area (Å²) in [6.45, 7) is 2.33. The molecule has 0 radical (unpaired) electrons. The van der Waals surface area contributed by atoms with Crippen molar-refractivity contribution < 1.29 is 23.4 Å². The fraction of sp³-hybridized carbons (Fsp3) is 0.833. The van der Waals surface area contributed by atoms with Crippen molar-refractivity contribution >= 4 is 14.2 Å². The first-order valence-electron chi connectivity index (χ1n) is 3.66. The minimum Gasteiger partial charge on any atom is -0.425 e. The van der Waals surface area contributed by atoms with Gasteiger partial charge in [0.2, 0.25) is 0 Å². The van der Waals surface area contributed by atoms with E-state index in [9.17, 15) is 9.36 Å². The fourth-order valence-electron chi connectivity index (χ4n) is 0.687. The van der Waals surface area contributed by atoms with Gasteiger partial charge in [-0.2, -0.15) is 0 Å². The highest BCUT2D eigenvalue weighted by Crippen LogP contribution is 2.33. The summed E-state index contributed by atoms with van der Waals surface area (Å²) in [5, 5.41) is 0. The van der Waals surface area contributed by atoms with Crippen LogP contribution in [0.2, 0.25) is 0 Å². The van der Waals surface area contributed by atoms with Crippen molar-refractivity contribution in [3.05, 3.63) is 0 Å². The molecule has 0 aliphatic carbocycles. The Hall–Kier alpha value is -0.670. The van der Waals surface area contributed by atoms with Crippen LogP contribution < -0.4 is 0 Å². The molecule has 1 aliphatic heterocycles. The molecule has 0 aromatic heterocycles. The van der Waals surface area contributed by atoms with E-state index in [-0.39, 0.29) is 6.61 Å². The van der Waals surface area contributed by atoms with Crippen LogP contribution in [0.1, 0.15) is 13.3 Å². The Morgan fingerprint density at radius 1 is 1.75 bits per heavy atom. The maximum atomic E-state index is 11.1. The molecule has 0 amide bonds. The van der Waals surface area contributed by atoms with E-state index in [2.05, 4.69) is 9.47 Å². The lowest BCUT2D eigenvalue weighted by atomic mass is 10.5. The molecule has 2 atom stereocenters. The minimum atomic E-state index is -1.93. The van der Waals surface area contributed by atoms with Gasteiger partial charge in [0.1, 0.15) is 6.61 Å². The molecule has 1 rings (SSSR count). The molecule has 1 saturated heterocycles. The molecule has 5 nitrogen and oxygen atoms in total. The number of cyclic esters (lactones) is 2. The number of carbonyl (C=O) groups is 1. The van der Waals surface area contributed by atoms with Crippen molar-refractivity contribution in [3.63, 3.8) is 0 Å². The van der Waals surface area contributed by atoms with E-state index in [1.807, 2.05) is 6.92 Å². The Morgan fingerprint density at radius 2 is 2.50 bits per heavy atom. The minimum absolute atomic E-state index is 0.0255. The molecule has 1 aliphatic rings. The Balaban J connectivity index is 2.28. The summed E-state index contributed by atoms with van der Waals surface area (Å²) in [6, 6.07) is 0. The van der Waals surface area contributed by atoms with Crippen LogP contribution in [0.4, 0.5) is 4.79 Å². The summed E-state index contributed by atoms with van der Waals surface area (Å²) in [6.07, 6.45) is 0.00577. The molecule has 68 valence electrons. The van der Waals surface area contributed by atoms with Gasteiger partial charge in [-0.1, -0.05) is 6.92 Å². The van der Waals surface area contributed by atoms with Crippen LogP contribution in [0.5, 0.6) is 0 Å². The van der Waals surface area contributed by atoms with Crippen molar-refractivity contribution in [2.24, 2.45) is 0 Å². The summed E-state index contributed by atoms with van der Waals surface area (Å²) in [5.41, 5.74) is 0. The highest BCUT2D eigenvalue weighted by atomic mass is 31.1. The predicted octanol–water partition coefficient (Wildman–Crippen LogP) is 1.65. The fourth-order valence-corrected chi connectivity index (χ4v) is 1.58. The highest BCUT2D eigenvalue weighted by Gasteiger charge is 2.43. The summed E-state index contributed by atoms with van der Waals surface area (Å²) >= 11 is 0. The van der Waals surface area contributed by atoms with E-state index in [0.29, 0.717) is 6.61 Å². The Morgan fingerprint density at radius 3 is 3.00 bits per heavy atom. The van der Waals surface area contributed by atoms with Crippen LogP contribution in [0.15, 0.2) is 0 Å². The number of carbonyl (C=O) groups excluding carboxylic acids is 1. The normalized spacial score (nSPS) is 23.2. The van der Waals surface area contributed by atoms with Crippen LogP contribution in [-0.4, -0.2) is 25.2 Å². The molecule has 0 spiro atoms. The summed E-state index contributed by atoms with van der Waals surface area (Å²) < 4.78 is 25.0. The molecule has 1 fully saturated rings. The second kappa shape index (κ2) is 4.38. The molecule has 0 N–H and O–H groups in total. The number of ether oxygens (including phenoxy) is 2. The van der Waals surface area contributed by atoms with Gasteiger partial charge < -0.3 is 9.47 Å².